The molecule has 0 fully saturated rings. The number of hydrogen-bond acceptors (Lipinski definition) is 3. The molecule has 0 aromatic heterocycles. The van der Waals surface area contributed by atoms with Crippen LogP contribution in [0.15, 0.2) is 72.8 Å². The summed E-state index contributed by atoms with van der Waals surface area (Å²) in [7, 11) is 0. The van der Waals surface area contributed by atoms with Gasteiger partial charge in [0.1, 0.15) is 18.1 Å². The number of nitrogens with one attached hydrogen (secondary N) is 1. The Balaban J connectivity index is 1.33. The predicted molar refractivity (Wildman–Crippen MR) is 117 cm³/mol. The summed E-state index contributed by atoms with van der Waals surface area (Å²) >= 11 is 12.0. The lowest BCUT2D eigenvalue weighted by Gasteiger charge is -2.11. The molecule has 5 heteroatoms. The van der Waals surface area contributed by atoms with Crippen LogP contribution in [0.25, 0.3) is 0 Å². The summed E-state index contributed by atoms with van der Waals surface area (Å²) in [5.41, 5.74) is 2.36. The minimum Gasteiger partial charge on any atom is -0.494 e. The molecule has 0 atom stereocenters. The van der Waals surface area contributed by atoms with Crippen molar-refractivity contribution in [2.24, 2.45) is 0 Å². The van der Waals surface area contributed by atoms with E-state index in [1.165, 1.54) is 5.56 Å². The molecule has 0 spiro atoms. The van der Waals surface area contributed by atoms with Gasteiger partial charge < -0.3 is 14.8 Å². The van der Waals surface area contributed by atoms with E-state index in [1.807, 2.05) is 30.3 Å². The van der Waals surface area contributed by atoms with Crippen LogP contribution in [-0.2, 0) is 6.42 Å². The van der Waals surface area contributed by atoms with E-state index in [0.29, 0.717) is 35.6 Å². The molecular formula is C23H23Cl2NO2. The highest BCUT2D eigenvalue weighted by Gasteiger charge is 2.02. The Morgan fingerprint density at radius 3 is 2.32 bits per heavy atom. The average molecular weight is 416 g/mol. The van der Waals surface area contributed by atoms with Crippen molar-refractivity contribution in [1.29, 1.82) is 0 Å². The number of benzene rings is 3. The van der Waals surface area contributed by atoms with Crippen LogP contribution in [0.1, 0.15) is 12.0 Å². The number of rotatable bonds is 10. The second-order valence-electron chi connectivity index (χ2n) is 6.31. The summed E-state index contributed by atoms with van der Waals surface area (Å²) in [4.78, 5) is 0. The van der Waals surface area contributed by atoms with Crippen molar-refractivity contribution in [2.75, 3.05) is 25.1 Å². The third-order valence-electron chi connectivity index (χ3n) is 4.16. The van der Waals surface area contributed by atoms with Crippen molar-refractivity contribution in [3.05, 3.63) is 88.4 Å². The molecular weight excluding hydrogens is 393 g/mol. The minimum atomic E-state index is 0.499. The minimum absolute atomic E-state index is 0.499. The smallest absolute Gasteiger partial charge is 0.138 e. The molecule has 0 aliphatic rings. The van der Waals surface area contributed by atoms with Crippen molar-refractivity contribution < 1.29 is 9.47 Å². The first-order valence-corrected chi connectivity index (χ1v) is 10.0. The lowest BCUT2D eigenvalue weighted by atomic mass is 10.1. The Labute approximate surface area is 176 Å². The first-order chi connectivity index (χ1) is 13.7. The molecule has 1 N–H and O–H groups in total. The van der Waals surface area contributed by atoms with Gasteiger partial charge in [-0.15, -0.1) is 0 Å². The molecule has 3 aromatic rings. The van der Waals surface area contributed by atoms with E-state index in [1.54, 1.807) is 18.2 Å². The molecule has 3 rings (SSSR count). The van der Waals surface area contributed by atoms with Gasteiger partial charge in [0.05, 0.1) is 11.6 Å². The fourth-order valence-electron chi connectivity index (χ4n) is 2.73. The Kier molecular flexibility index (Phi) is 7.89. The van der Waals surface area contributed by atoms with Gasteiger partial charge in [-0.05, 0) is 60.9 Å². The van der Waals surface area contributed by atoms with Crippen molar-refractivity contribution in [1.82, 2.24) is 0 Å². The molecule has 0 amide bonds. The molecule has 0 heterocycles. The molecule has 0 bridgehead atoms. The highest BCUT2D eigenvalue weighted by atomic mass is 35.5. The van der Waals surface area contributed by atoms with Crippen LogP contribution < -0.4 is 14.8 Å². The van der Waals surface area contributed by atoms with Gasteiger partial charge in [-0.25, -0.2) is 0 Å². The summed E-state index contributed by atoms with van der Waals surface area (Å²) in [6, 6.07) is 23.6. The maximum absolute atomic E-state index is 6.09. The normalized spacial score (nSPS) is 10.5. The molecule has 146 valence electrons. The van der Waals surface area contributed by atoms with Gasteiger partial charge in [-0.1, -0.05) is 53.5 Å². The molecule has 0 saturated carbocycles. The molecule has 0 unspecified atom stereocenters. The summed E-state index contributed by atoms with van der Waals surface area (Å²) < 4.78 is 11.5. The summed E-state index contributed by atoms with van der Waals surface area (Å²) in [5.74, 6) is 1.51. The Morgan fingerprint density at radius 2 is 1.57 bits per heavy atom. The predicted octanol–water partition coefficient (Wildman–Crippen LogP) is 6.50. The summed E-state index contributed by atoms with van der Waals surface area (Å²) in [6.45, 7) is 1.87. The lowest BCUT2D eigenvalue weighted by Crippen LogP contribution is -2.11. The van der Waals surface area contributed by atoms with E-state index < -0.39 is 0 Å². The van der Waals surface area contributed by atoms with E-state index in [-0.39, 0.29) is 0 Å². The van der Waals surface area contributed by atoms with Crippen LogP contribution in [0.2, 0.25) is 10.0 Å². The number of halogens is 2. The second-order valence-corrected chi connectivity index (χ2v) is 7.16. The number of aryl methyl sites for hydroxylation is 1. The summed E-state index contributed by atoms with van der Waals surface area (Å²) in [5, 5.41) is 4.42. The van der Waals surface area contributed by atoms with Gasteiger partial charge in [0.2, 0.25) is 0 Å². The zero-order chi connectivity index (χ0) is 19.6. The van der Waals surface area contributed by atoms with E-state index in [0.717, 1.165) is 24.3 Å². The van der Waals surface area contributed by atoms with E-state index >= 15 is 0 Å². The van der Waals surface area contributed by atoms with Gasteiger partial charge in [0, 0.05) is 17.3 Å². The Hall–Kier alpha value is -2.36. The quantitative estimate of drug-likeness (QED) is 0.383. The monoisotopic (exact) mass is 415 g/mol. The van der Waals surface area contributed by atoms with Gasteiger partial charge in [-0.2, -0.15) is 0 Å². The second kappa shape index (κ2) is 10.8. The molecule has 28 heavy (non-hydrogen) atoms. The van der Waals surface area contributed by atoms with Crippen molar-refractivity contribution in [3.8, 4) is 11.5 Å². The highest BCUT2D eigenvalue weighted by Crippen LogP contribution is 2.27. The highest BCUT2D eigenvalue weighted by molar-refractivity contribution is 6.35. The van der Waals surface area contributed by atoms with Crippen molar-refractivity contribution >= 4 is 28.9 Å². The standard InChI is InChI=1S/C23H23Cl2NO2/c24-19-8-13-23(22(25)17-19)28-16-14-26-20-9-11-21(12-10-20)27-15-4-7-18-5-2-1-3-6-18/h1-3,5-6,8-13,17,26H,4,7,14-16H2. The van der Waals surface area contributed by atoms with E-state index in [4.69, 9.17) is 32.7 Å². The molecule has 3 nitrogen and oxygen atoms in total. The van der Waals surface area contributed by atoms with Crippen LogP contribution in [0, 0.1) is 0 Å². The summed E-state index contributed by atoms with van der Waals surface area (Å²) in [6.07, 6.45) is 2.02. The van der Waals surface area contributed by atoms with Gasteiger partial charge in [0.25, 0.3) is 0 Å². The average Bonchev–Trinajstić information content (AvgIpc) is 2.72. The molecule has 0 aliphatic heterocycles. The molecule has 3 aromatic carbocycles. The first-order valence-electron chi connectivity index (χ1n) is 9.29. The van der Waals surface area contributed by atoms with Crippen LogP contribution in [0.4, 0.5) is 5.69 Å². The molecule has 0 radical (unpaired) electrons. The zero-order valence-electron chi connectivity index (χ0n) is 15.5. The van der Waals surface area contributed by atoms with Crippen molar-refractivity contribution in [2.45, 2.75) is 12.8 Å². The lowest BCUT2D eigenvalue weighted by molar-refractivity contribution is 0.311. The molecule has 0 aliphatic carbocycles. The zero-order valence-corrected chi connectivity index (χ0v) is 17.0. The SMILES string of the molecule is Clc1ccc(OCCNc2ccc(OCCCc3ccccc3)cc2)c(Cl)c1. The topological polar surface area (TPSA) is 30.5 Å². The third-order valence-corrected chi connectivity index (χ3v) is 4.69. The number of ether oxygens (including phenoxy) is 2. The number of anilines is 1. The van der Waals surface area contributed by atoms with Crippen LogP contribution in [-0.4, -0.2) is 19.8 Å². The van der Waals surface area contributed by atoms with Crippen LogP contribution >= 0.6 is 23.2 Å². The maximum Gasteiger partial charge on any atom is 0.138 e. The largest absolute Gasteiger partial charge is 0.494 e. The van der Waals surface area contributed by atoms with Gasteiger partial charge in [-0.3, -0.25) is 0 Å². The van der Waals surface area contributed by atoms with Gasteiger partial charge in [0.15, 0.2) is 0 Å². The maximum atomic E-state index is 6.09. The Morgan fingerprint density at radius 1 is 0.786 bits per heavy atom. The van der Waals surface area contributed by atoms with Crippen LogP contribution in [0.3, 0.4) is 0 Å². The van der Waals surface area contributed by atoms with Crippen LogP contribution in [0.5, 0.6) is 11.5 Å². The Bertz CT molecular complexity index is 854. The van der Waals surface area contributed by atoms with Crippen molar-refractivity contribution in [3.63, 3.8) is 0 Å². The number of hydrogen-bond donors (Lipinski definition) is 1. The van der Waals surface area contributed by atoms with E-state index in [2.05, 4.69) is 29.6 Å². The third kappa shape index (κ3) is 6.66. The van der Waals surface area contributed by atoms with Gasteiger partial charge >= 0.3 is 0 Å². The molecule has 0 saturated heterocycles. The first kappa shape index (κ1) is 20.4. The van der Waals surface area contributed by atoms with E-state index in [9.17, 15) is 0 Å². The fourth-order valence-corrected chi connectivity index (χ4v) is 3.19. The fraction of sp³-hybridized carbons (Fsp3) is 0.217.